The van der Waals surface area contributed by atoms with Crippen molar-refractivity contribution in [2.75, 3.05) is 18.9 Å². The van der Waals surface area contributed by atoms with Gasteiger partial charge in [0, 0.05) is 42.9 Å². The van der Waals surface area contributed by atoms with Crippen molar-refractivity contribution in [2.24, 2.45) is 16.2 Å². The molecule has 6 N–H and O–H groups in total. The van der Waals surface area contributed by atoms with Crippen LogP contribution >= 0.6 is 0 Å². The average molecular weight is 618 g/mol. The second kappa shape index (κ2) is 21.0. The van der Waals surface area contributed by atoms with Gasteiger partial charge in [-0.3, -0.25) is 24.6 Å². The quantitative estimate of drug-likeness (QED) is 0.0391. The number of anilines is 1. The number of benzene rings is 2. The molecule has 1 heterocycles. The highest BCUT2D eigenvalue weighted by Crippen LogP contribution is 2.12. The number of carbonyl (C=O) groups excluding carboxylic acids is 3. The van der Waals surface area contributed by atoms with Crippen molar-refractivity contribution >= 4 is 29.6 Å². The van der Waals surface area contributed by atoms with E-state index in [0.29, 0.717) is 17.5 Å². The van der Waals surface area contributed by atoms with Crippen LogP contribution in [0.1, 0.15) is 45.6 Å². The number of allylic oxidation sites excluding steroid dienone is 4. The fourth-order valence-corrected chi connectivity index (χ4v) is 3.23. The maximum atomic E-state index is 12.5. The van der Waals surface area contributed by atoms with Crippen LogP contribution in [0, 0.1) is 11.2 Å². The van der Waals surface area contributed by atoms with Gasteiger partial charge >= 0.3 is 0 Å². The summed E-state index contributed by atoms with van der Waals surface area (Å²) in [5.74, 6) is 2.85. The fourth-order valence-electron chi connectivity index (χ4n) is 3.23. The molecule has 45 heavy (non-hydrogen) atoms. The summed E-state index contributed by atoms with van der Waals surface area (Å²) in [5, 5.41) is 22.0. The molecule has 2 aromatic carbocycles. The Bertz CT molecular complexity index is 1600. The van der Waals surface area contributed by atoms with Crippen LogP contribution in [0.3, 0.4) is 0 Å². The second-order valence-electron chi connectivity index (χ2n) is 8.89. The number of rotatable bonds is 11. The van der Waals surface area contributed by atoms with Crippen LogP contribution in [-0.2, 0) is 11.3 Å². The zero-order valence-corrected chi connectivity index (χ0v) is 25.0. The molecule has 0 aliphatic carbocycles. The van der Waals surface area contributed by atoms with Crippen molar-refractivity contribution in [1.29, 1.82) is 5.41 Å². The average Bonchev–Trinajstić information content (AvgIpc) is 3.02. The summed E-state index contributed by atoms with van der Waals surface area (Å²) in [6.07, 6.45) is 5.70. The predicted molar refractivity (Wildman–Crippen MR) is 172 cm³/mol. The summed E-state index contributed by atoms with van der Waals surface area (Å²) in [6.45, 7) is 9.76. The molecule has 0 saturated heterocycles. The minimum Gasteiger partial charge on any atom is -0.448 e. The number of hydrogen-bond donors (Lipinski definition) is 5. The van der Waals surface area contributed by atoms with Crippen LogP contribution in [0.4, 0.5) is 10.1 Å². The molecule has 0 fully saturated rings. The highest BCUT2D eigenvalue weighted by molar-refractivity contribution is 5.99. The van der Waals surface area contributed by atoms with E-state index in [9.17, 15) is 23.6 Å². The van der Waals surface area contributed by atoms with Gasteiger partial charge in [0.25, 0.3) is 5.91 Å². The Labute approximate surface area is 260 Å². The van der Waals surface area contributed by atoms with Gasteiger partial charge in [-0.05, 0) is 43.8 Å². The number of carbonyl (C=O) groups is 3. The van der Waals surface area contributed by atoms with Crippen molar-refractivity contribution in [2.45, 2.75) is 19.9 Å². The summed E-state index contributed by atoms with van der Waals surface area (Å²) in [6, 6.07) is 14.8. The summed E-state index contributed by atoms with van der Waals surface area (Å²) >= 11 is 0. The molecule has 0 unspecified atom stereocenters. The third-order valence-corrected chi connectivity index (χ3v) is 5.31. The molecule has 0 saturated carbocycles. The monoisotopic (exact) mass is 617 g/mol. The third-order valence-electron chi connectivity index (χ3n) is 5.31. The zero-order chi connectivity index (χ0) is 33.6. The normalized spacial score (nSPS) is 10.3. The summed E-state index contributed by atoms with van der Waals surface area (Å²) in [4.78, 5) is 46.0. The van der Waals surface area contributed by atoms with Crippen molar-refractivity contribution < 1.29 is 23.2 Å². The Morgan fingerprint density at radius 3 is 2.44 bits per heavy atom. The first-order valence-electron chi connectivity index (χ1n) is 13.4. The van der Waals surface area contributed by atoms with Gasteiger partial charge in [-0.2, -0.15) is 0 Å². The van der Waals surface area contributed by atoms with Crippen LogP contribution in [0.25, 0.3) is 0 Å². The highest BCUT2D eigenvalue weighted by Gasteiger charge is 2.12. The topological polar surface area (TPSA) is 192 Å². The number of nitrogens with one attached hydrogen (secondary N) is 4. The van der Waals surface area contributed by atoms with Gasteiger partial charge in [-0.1, -0.05) is 66.4 Å². The highest BCUT2D eigenvalue weighted by atomic mass is 19.1. The number of hydrogen-bond acceptors (Lipinski definition) is 8. The van der Waals surface area contributed by atoms with Crippen molar-refractivity contribution in [3.63, 3.8) is 0 Å². The molecule has 12 nitrogen and oxygen atoms in total. The number of halogens is 1. The van der Waals surface area contributed by atoms with Crippen LogP contribution in [-0.4, -0.2) is 37.5 Å². The van der Waals surface area contributed by atoms with Crippen LogP contribution in [0.15, 0.2) is 117 Å². The number of amidine groups is 1. The maximum absolute atomic E-state index is 12.5. The van der Waals surface area contributed by atoms with E-state index >= 15 is 0 Å². The Kier molecular flexibility index (Phi) is 17.3. The second-order valence-corrected chi connectivity index (χ2v) is 8.89. The molecule has 0 aliphatic heterocycles. The third kappa shape index (κ3) is 15.3. The molecule has 0 spiro atoms. The number of amides is 2. The molecule has 0 atom stereocenters. The van der Waals surface area contributed by atoms with Crippen molar-refractivity contribution in [3.05, 3.63) is 136 Å². The van der Waals surface area contributed by atoms with Crippen molar-refractivity contribution in [3.8, 4) is 0 Å². The Morgan fingerprint density at radius 2 is 1.84 bits per heavy atom. The van der Waals surface area contributed by atoms with E-state index in [1.54, 1.807) is 36.4 Å². The molecule has 3 rings (SSSR count). The van der Waals surface area contributed by atoms with Gasteiger partial charge in [-0.15, -0.1) is 5.11 Å². The summed E-state index contributed by atoms with van der Waals surface area (Å²) < 4.78 is 17.4. The lowest BCUT2D eigenvalue weighted by Gasteiger charge is -2.07. The lowest BCUT2D eigenvalue weighted by atomic mass is 10.2. The maximum Gasteiger partial charge on any atom is 0.287 e. The molecule has 1 aromatic heterocycles. The van der Waals surface area contributed by atoms with Crippen LogP contribution in [0.2, 0.25) is 0 Å². The number of aldehydes is 1. The zero-order valence-electron chi connectivity index (χ0n) is 25.0. The molecule has 3 aromatic rings. The minimum absolute atomic E-state index is 0.0312. The number of nitrogens with two attached hydrogens (primary N) is 1. The summed E-state index contributed by atoms with van der Waals surface area (Å²) in [7, 11) is 1.84. The summed E-state index contributed by atoms with van der Waals surface area (Å²) in [5.41, 5.74) is 2.41. The molecule has 13 heteroatoms. The SMILES string of the molecule is C=C/C=C(/C)C=C.CNCc1cccc(F)c1.N=C(N=NN)c1cccc(NC(=O)CCNC(=O)c2cc(=O)cc(C=O)o2)c1. The molecule has 236 valence electrons. The molecular weight excluding hydrogens is 581 g/mol. The van der Waals surface area contributed by atoms with E-state index in [4.69, 9.17) is 15.7 Å². The van der Waals surface area contributed by atoms with Gasteiger partial charge < -0.3 is 26.2 Å². The molecule has 0 bridgehead atoms. The van der Waals surface area contributed by atoms with E-state index in [1.165, 1.54) is 18.2 Å². The van der Waals surface area contributed by atoms with Gasteiger partial charge in [0.05, 0.1) is 0 Å². The van der Waals surface area contributed by atoms with E-state index in [0.717, 1.165) is 29.8 Å². The Morgan fingerprint density at radius 1 is 1.11 bits per heavy atom. The number of nitrogens with zero attached hydrogens (tertiary/aromatic N) is 2. The van der Waals surface area contributed by atoms with Crippen LogP contribution in [0.5, 0.6) is 0 Å². The largest absolute Gasteiger partial charge is 0.448 e. The van der Waals surface area contributed by atoms with E-state index in [-0.39, 0.29) is 36.1 Å². The fraction of sp³-hybridized carbons (Fsp3) is 0.156. The smallest absolute Gasteiger partial charge is 0.287 e. The minimum atomic E-state index is -0.726. The van der Waals surface area contributed by atoms with Crippen LogP contribution < -0.4 is 27.2 Å². The predicted octanol–water partition coefficient (Wildman–Crippen LogP) is 4.71. The molecule has 0 radical (unpaired) electrons. The first-order chi connectivity index (χ1) is 21.6. The van der Waals surface area contributed by atoms with E-state index in [1.807, 2.05) is 26.1 Å². The van der Waals surface area contributed by atoms with E-state index < -0.39 is 17.2 Å². The standard InChI is InChI=1S/C17H16N6O5.C8H10FN.C7H10/c18-16(22-23-19)10-2-1-3-11(6-10)21-15(26)4-5-20-17(27)14-8-12(25)7-13(9-24)28-14;1-10-6-7-3-2-4-8(9)5-7;1-4-6-7(3)5-2/h1-3,6-9H,4-5H2,(H,20,27)(H,21,26)(H3,18,19,22);2-5,10H,6H2,1H3;4-6H,1-2H2,3H3/b;;7-6-. The first-order valence-corrected chi connectivity index (χ1v) is 13.4. The molecular formula is C32H36FN7O5. The first kappa shape index (κ1) is 37.2. The lowest BCUT2D eigenvalue weighted by molar-refractivity contribution is -0.116. The van der Waals surface area contributed by atoms with Crippen molar-refractivity contribution in [1.82, 2.24) is 10.6 Å². The molecule has 2 amide bonds. The van der Waals surface area contributed by atoms with Gasteiger partial charge in [0.1, 0.15) is 5.82 Å². The Hall–Kier alpha value is -5.82. The lowest BCUT2D eigenvalue weighted by Crippen LogP contribution is -2.28. The van der Waals surface area contributed by atoms with Gasteiger partial charge in [-0.25, -0.2) is 4.39 Å². The Balaban J connectivity index is 0.000000484. The van der Waals surface area contributed by atoms with Gasteiger partial charge in [0.2, 0.25) is 5.91 Å². The van der Waals surface area contributed by atoms with E-state index in [2.05, 4.69) is 39.4 Å². The van der Waals surface area contributed by atoms with Gasteiger partial charge in [0.15, 0.2) is 29.1 Å². The molecule has 0 aliphatic rings.